The highest BCUT2D eigenvalue weighted by Crippen LogP contribution is 2.46. The molecular weight excluding hydrogens is 431 g/mol. The van der Waals surface area contributed by atoms with Crippen molar-refractivity contribution < 1.29 is 18.0 Å². The Balaban J connectivity index is 1.68. The first-order valence-electron chi connectivity index (χ1n) is 9.25. The van der Waals surface area contributed by atoms with Crippen LogP contribution in [0.2, 0.25) is 5.02 Å². The summed E-state index contributed by atoms with van der Waals surface area (Å²) in [5.74, 6) is -0.815. The van der Waals surface area contributed by atoms with E-state index in [2.05, 4.69) is 15.7 Å². The van der Waals surface area contributed by atoms with Gasteiger partial charge in [-0.15, -0.1) is 0 Å². The summed E-state index contributed by atoms with van der Waals surface area (Å²) in [6.45, 7) is 0. The van der Waals surface area contributed by atoms with Gasteiger partial charge in [0.25, 0.3) is 5.91 Å². The predicted octanol–water partition coefficient (Wildman–Crippen LogP) is 5.32. The molecule has 158 valence electrons. The lowest BCUT2D eigenvalue weighted by atomic mass is 9.97. The van der Waals surface area contributed by atoms with Crippen LogP contribution >= 0.6 is 11.6 Å². The SMILES string of the molecule is N#Cc1ccc(NC(=O)c2nn3c(c2Cl)NC(c2ccccc2)CC3C(F)(F)F)cc1. The van der Waals surface area contributed by atoms with Crippen LogP contribution in [0.1, 0.15) is 40.1 Å². The van der Waals surface area contributed by atoms with E-state index >= 15 is 0 Å². The molecule has 31 heavy (non-hydrogen) atoms. The lowest BCUT2D eigenvalue weighted by Gasteiger charge is -2.33. The number of anilines is 2. The topological polar surface area (TPSA) is 82.7 Å². The number of halogens is 4. The number of rotatable bonds is 3. The van der Waals surface area contributed by atoms with Gasteiger partial charge in [0.15, 0.2) is 11.7 Å². The molecule has 4 rings (SSSR count). The van der Waals surface area contributed by atoms with E-state index in [4.69, 9.17) is 16.9 Å². The van der Waals surface area contributed by atoms with Crippen LogP contribution in [0.25, 0.3) is 0 Å². The number of nitriles is 1. The van der Waals surface area contributed by atoms with Crippen LogP contribution in [0.5, 0.6) is 0 Å². The molecule has 1 aromatic heterocycles. The molecule has 2 atom stereocenters. The van der Waals surface area contributed by atoms with Crippen molar-refractivity contribution in [1.29, 1.82) is 5.26 Å². The molecule has 2 heterocycles. The number of fused-ring (bicyclic) bond motifs is 1. The minimum Gasteiger partial charge on any atom is -0.362 e. The largest absolute Gasteiger partial charge is 0.410 e. The number of nitrogens with one attached hydrogen (secondary N) is 2. The minimum absolute atomic E-state index is 0.0610. The van der Waals surface area contributed by atoms with Gasteiger partial charge in [-0.2, -0.15) is 23.5 Å². The molecule has 2 aromatic carbocycles. The molecule has 0 bridgehead atoms. The Kier molecular flexibility index (Phi) is 5.33. The molecule has 1 aliphatic heterocycles. The fourth-order valence-electron chi connectivity index (χ4n) is 3.46. The van der Waals surface area contributed by atoms with Crippen LogP contribution in [0.3, 0.4) is 0 Å². The van der Waals surface area contributed by atoms with Crippen LogP contribution in [-0.4, -0.2) is 21.9 Å². The van der Waals surface area contributed by atoms with Crippen molar-refractivity contribution in [3.05, 3.63) is 76.4 Å². The summed E-state index contributed by atoms with van der Waals surface area (Å²) >= 11 is 6.30. The molecule has 10 heteroatoms. The van der Waals surface area contributed by atoms with Crippen molar-refractivity contribution in [2.45, 2.75) is 24.7 Å². The van der Waals surface area contributed by atoms with Crippen molar-refractivity contribution in [1.82, 2.24) is 9.78 Å². The zero-order chi connectivity index (χ0) is 22.2. The van der Waals surface area contributed by atoms with Crippen molar-refractivity contribution >= 4 is 29.0 Å². The van der Waals surface area contributed by atoms with Gasteiger partial charge in [-0.05, 0) is 29.8 Å². The Morgan fingerprint density at radius 3 is 2.48 bits per heavy atom. The van der Waals surface area contributed by atoms with E-state index in [0.717, 1.165) is 4.68 Å². The lowest BCUT2D eigenvalue weighted by molar-refractivity contribution is -0.173. The molecule has 0 saturated heterocycles. The highest BCUT2D eigenvalue weighted by molar-refractivity contribution is 6.36. The quantitative estimate of drug-likeness (QED) is 0.571. The Labute approximate surface area is 180 Å². The predicted molar refractivity (Wildman–Crippen MR) is 109 cm³/mol. The van der Waals surface area contributed by atoms with Crippen LogP contribution in [0.15, 0.2) is 54.6 Å². The highest BCUT2D eigenvalue weighted by atomic mass is 35.5. The Morgan fingerprint density at radius 2 is 1.87 bits per heavy atom. The maximum absolute atomic E-state index is 13.8. The van der Waals surface area contributed by atoms with E-state index in [0.29, 0.717) is 16.8 Å². The molecule has 2 unspecified atom stereocenters. The van der Waals surface area contributed by atoms with Gasteiger partial charge in [-0.1, -0.05) is 41.9 Å². The van der Waals surface area contributed by atoms with Crippen molar-refractivity contribution in [2.24, 2.45) is 0 Å². The van der Waals surface area contributed by atoms with E-state index in [1.807, 2.05) is 6.07 Å². The standard InChI is InChI=1S/C21H15ClF3N5O/c22-17-18(20(31)27-14-8-6-12(11-26)7-9-14)29-30-16(21(23,24)25)10-15(28-19(17)30)13-4-2-1-3-5-13/h1-9,15-16,28H,10H2,(H,27,31). The third-order valence-corrected chi connectivity index (χ3v) is 5.34. The number of hydrogen-bond acceptors (Lipinski definition) is 4. The van der Waals surface area contributed by atoms with Gasteiger partial charge < -0.3 is 10.6 Å². The molecule has 0 aliphatic carbocycles. The summed E-state index contributed by atoms with van der Waals surface area (Å²) in [6, 6.07) is 14.1. The highest BCUT2D eigenvalue weighted by Gasteiger charge is 2.47. The number of benzene rings is 2. The number of alkyl halides is 3. The number of carbonyl (C=O) groups is 1. The number of aromatic nitrogens is 2. The first-order valence-corrected chi connectivity index (χ1v) is 9.63. The monoisotopic (exact) mass is 445 g/mol. The molecular formula is C21H15ClF3N5O. The molecule has 2 N–H and O–H groups in total. The van der Waals surface area contributed by atoms with Gasteiger partial charge in [0.2, 0.25) is 0 Å². The van der Waals surface area contributed by atoms with Gasteiger partial charge in [0.05, 0.1) is 17.7 Å². The zero-order valence-electron chi connectivity index (χ0n) is 15.8. The molecule has 0 fully saturated rings. The summed E-state index contributed by atoms with van der Waals surface area (Å²) < 4.78 is 42.2. The van der Waals surface area contributed by atoms with Crippen molar-refractivity contribution in [3.8, 4) is 6.07 Å². The van der Waals surface area contributed by atoms with Crippen LogP contribution in [-0.2, 0) is 0 Å². The van der Waals surface area contributed by atoms with Gasteiger partial charge >= 0.3 is 6.18 Å². The average Bonchev–Trinajstić information content (AvgIpc) is 3.10. The summed E-state index contributed by atoms with van der Waals surface area (Å²) in [4.78, 5) is 12.7. The maximum Gasteiger partial charge on any atom is 0.410 e. The zero-order valence-corrected chi connectivity index (χ0v) is 16.6. The molecule has 1 aliphatic rings. The van der Waals surface area contributed by atoms with E-state index in [9.17, 15) is 18.0 Å². The molecule has 0 saturated carbocycles. The molecule has 0 spiro atoms. The molecule has 3 aromatic rings. The van der Waals surface area contributed by atoms with Crippen molar-refractivity contribution in [3.63, 3.8) is 0 Å². The molecule has 6 nitrogen and oxygen atoms in total. The van der Waals surface area contributed by atoms with Gasteiger partial charge in [-0.3, -0.25) is 4.79 Å². The number of nitrogens with zero attached hydrogens (tertiary/aromatic N) is 3. The number of carbonyl (C=O) groups excluding carboxylic acids is 1. The Hall–Kier alpha value is -3.51. The van der Waals surface area contributed by atoms with E-state index in [1.165, 1.54) is 24.3 Å². The Bertz CT molecular complexity index is 1150. The summed E-state index contributed by atoms with van der Waals surface area (Å²) in [6.07, 6.45) is -4.88. The smallest absolute Gasteiger partial charge is 0.362 e. The first-order chi connectivity index (χ1) is 14.8. The summed E-state index contributed by atoms with van der Waals surface area (Å²) in [7, 11) is 0. The van der Waals surface area contributed by atoms with Gasteiger partial charge in [0, 0.05) is 12.1 Å². The normalized spacial score (nSPS) is 17.9. The third-order valence-electron chi connectivity index (χ3n) is 4.98. The second-order valence-electron chi connectivity index (χ2n) is 7.00. The third kappa shape index (κ3) is 4.07. The first kappa shape index (κ1) is 20.8. The lowest BCUT2D eigenvalue weighted by Crippen LogP contribution is -2.35. The van der Waals surface area contributed by atoms with Gasteiger partial charge in [-0.25, -0.2) is 4.68 Å². The second kappa shape index (κ2) is 7.96. The molecule has 0 radical (unpaired) electrons. The Morgan fingerprint density at radius 1 is 1.19 bits per heavy atom. The van der Waals surface area contributed by atoms with E-state index < -0.39 is 24.2 Å². The maximum atomic E-state index is 13.8. The summed E-state index contributed by atoms with van der Waals surface area (Å²) in [5.41, 5.74) is 1.10. The summed E-state index contributed by atoms with van der Waals surface area (Å²) in [5, 5.41) is 18.1. The van der Waals surface area contributed by atoms with Gasteiger partial charge in [0.1, 0.15) is 10.8 Å². The number of hydrogen-bond donors (Lipinski definition) is 2. The average molecular weight is 446 g/mol. The fourth-order valence-corrected chi connectivity index (χ4v) is 3.72. The van der Waals surface area contributed by atoms with E-state index in [1.54, 1.807) is 30.3 Å². The van der Waals surface area contributed by atoms with Crippen LogP contribution < -0.4 is 10.6 Å². The fraction of sp³-hybridized carbons (Fsp3) is 0.190. The molecule has 1 amide bonds. The number of amides is 1. The van der Waals surface area contributed by atoms with Crippen LogP contribution in [0, 0.1) is 11.3 Å². The second-order valence-corrected chi connectivity index (χ2v) is 7.38. The van der Waals surface area contributed by atoms with Crippen molar-refractivity contribution in [2.75, 3.05) is 10.6 Å². The van der Waals surface area contributed by atoms with Crippen LogP contribution in [0.4, 0.5) is 24.7 Å². The van der Waals surface area contributed by atoms with E-state index in [-0.39, 0.29) is 23.0 Å². The minimum atomic E-state index is -4.58.